The summed E-state index contributed by atoms with van der Waals surface area (Å²) in [5.74, 6) is 0.709. The molecule has 1 nitrogen and oxygen atoms in total. The van der Waals surface area contributed by atoms with E-state index in [0.717, 1.165) is 13.0 Å². The number of hydrogen-bond donors (Lipinski definition) is 0. The molecule has 0 N–H and O–H groups in total. The van der Waals surface area contributed by atoms with Gasteiger partial charge in [0.15, 0.2) is 0 Å². The lowest BCUT2D eigenvalue weighted by atomic mass is 9.97. The van der Waals surface area contributed by atoms with Crippen LogP contribution in [-0.4, -0.2) is 18.1 Å². The fourth-order valence-corrected chi connectivity index (χ4v) is 2.23. The Morgan fingerprint density at radius 3 is 2.75 bits per heavy atom. The summed E-state index contributed by atoms with van der Waals surface area (Å²) in [6.07, 6.45) is 5.32. The number of ether oxygens (including phenoxy) is 1. The molecular formula is C10H19ClO. The number of hydrogen-bond acceptors (Lipinski definition) is 1. The van der Waals surface area contributed by atoms with E-state index in [1.54, 1.807) is 0 Å². The van der Waals surface area contributed by atoms with Crippen molar-refractivity contribution in [3.63, 3.8) is 0 Å². The minimum absolute atomic E-state index is 0.307. The van der Waals surface area contributed by atoms with Gasteiger partial charge in [-0.05, 0) is 38.5 Å². The second kappa shape index (κ2) is 5.08. The van der Waals surface area contributed by atoms with Crippen molar-refractivity contribution < 1.29 is 4.74 Å². The second-order valence-electron chi connectivity index (χ2n) is 3.99. The molecule has 1 fully saturated rings. The van der Waals surface area contributed by atoms with Gasteiger partial charge in [-0.25, -0.2) is 0 Å². The molecule has 1 heterocycles. The van der Waals surface area contributed by atoms with Crippen LogP contribution in [0.5, 0.6) is 0 Å². The quantitative estimate of drug-likeness (QED) is 0.619. The molecule has 0 aliphatic carbocycles. The Hall–Kier alpha value is 0.250. The lowest BCUT2D eigenvalue weighted by Crippen LogP contribution is -2.12. The molecule has 2 heteroatoms. The smallest absolute Gasteiger partial charge is 0.0578 e. The van der Waals surface area contributed by atoms with Gasteiger partial charge in [0.1, 0.15) is 0 Å². The van der Waals surface area contributed by atoms with Crippen molar-refractivity contribution in [3.05, 3.63) is 0 Å². The van der Waals surface area contributed by atoms with E-state index in [1.807, 2.05) is 0 Å². The Kier molecular flexibility index (Phi) is 4.38. The van der Waals surface area contributed by atoms with Gasteiger partial charge >= 0.3 is 0 Å². The van der Waals surface area contributed by atoms with Crippen LogP contribution >= 0.6 is 11.6 Å². The van der Waals surface area contributed by atoms with Gasteiger partial charge in [-0.1, -0.05) is 6.92 Å². The predicted octanol–water partition coefficient (Wildman–Crippen LogP) is 3.21. The van der Waals surface area contributed by atoms with Crippen LogP contribution in [-0.2, 0) is 4.74 Å². The zero-order chi connectivity index (χ0) is 8.97. The van der Waals surface area contributed by atoms with Gasteiger partial charge in [0.2, 0.25) is 0 Å². The first-order valence-corrected chi connectivity index (χ1v) is 5.37. The van der Waals surface area contributed by atoms with E-state index in [-0.39, 0.29) is 0 Å². The topological polar surface area (TPSA) is 9.23 Å². The highest BCUT2D eigenvalue weighted by Crippen LogP contribution is 2.23. The van der Waals surface area contributed by atoms with Crippen molar-refractivity contribution in [1.29, 1.82) is 0 Å². The van der Waals surface area contributed by atoms with Crippen LogP contribution in [0, 0.1) is 5.92 Å². The molecule has 0 aromatic carbocycles. The molecule has 1 saturated heterocycles. The summed E-state index contributed by atoms with van der Waals surface area (Å²) in [6, 6.07) is 0. The lowest BCUT2D eigenvalue weighted by molar-refractivity contribution is 0.0907. The third-order valence-corrected chi connectivity index (χ3v) is 2.59. The normalized spacial score (nSPS) is 28.8. The second-order valence-corrected chi connectivity index (χ2v) is 4.74. The molecule has 0 bridgehead atoms. The number of rotatable bonds is 4. The van der Waals surface area contributed by atoms with Crippen molar-refractivity contribution in [2.45, 2.75) is 51.0 Å². The maximum Gasteiger partial charge on any atom is 0.0578 e. The summed E-state index contributed by atoms with van der Waals surface area (Å²) in [7, 11) is 0. The first-order valence-electron chi connectivity index (χ1n) is 4.94. The van der Waals surface area contributed by atoms with Crippen LogP contribution in [0.4, 0.5) is 0 Å². The van der Waals surface area contributed by atoms with E-state index in [0.29, 0.717) is 17.4 Å². The fraction of sp³-hybridized carbons (Fsp3) is 1.00. The molecule has 0 amide bonds. The highest BCUT2D eigenvalue weighted by atomic mass is 35.5. The SMILES string of the molecule is CC(Cl)CC(C)CC1CCCO1. The summed E-state index contributed by atoms with van der Waals surface area (Å²) < 4.78 is 5.56. The monoisotopic (exact) mass is 190 g/mol. The molecule has 0 radical (unpaired) electrons. The molecule has 1 aliphatic rings. The van der Waals surface area contributed by atoms with Crippen LogP contribution in [0.3, 0.4) is 0 Å². The van der Waals surface area contributed by atoms with Gasteiger partial charge < -0.3 is 4.74 Å². The van der Waals surface area contributed by atoms with Crippen molar-refractivity contribution in [3.8, 4) is 0 Å². The summed E-state index contributed by atoms with van der Waals surface area (Å²) >= 11 is 5.92. The van der Waals surface area contributed by atoms with Gasteiger partial charge in [-0.3, -0.25) is 0 Å². The number of halogens is 1. The minimum atomic E-state index is 0.307. The first-order chi connectivity index (χ1) is 5.68. The molecule has 1 rings (SSSR count). The zero-order valence-electron chi connectivity index (χ0n) is 8.05. The van der Waals surface area contributed by atoms with Crippen molar-refractivity contribution in [2.24, 2.45) is 5.92 Å². The maximum absolute atomic E-state index is 5.92. The first kappa shape index (κ1) is 10.3. The Morgan fingerprint density at radius 2 is 2.25 bits per heavy atom. The summed E-state index contributed by atoms with van der Waals surface area (Å²) in [5.41, 5.74) is 0. The Morgan fingerprint density at radius 1 is 1.50 bits per heavy atom. The molecule has 1 aliphatic heterocycles. The molecule has 0 saturated carbocycles. The summed E-state index contributed by atoms with van der Waals surface area (Å²) in [6.45, 7) is 5.29. The van der Waals surface area contributed by atoms with Crippen LogP contribution in [0.25, 0.3) is 0 Å². The molecule has 3 unspecified atom stereocenters. The van der Waals surface area contributed by atoms with Crippen LogP contribution in [0.1, 0.15) is 39.5 Å². The standard InChI is InChI=1S/C10H19ClO/c1-8(6-9(2)11)7-10-4-3-5-12-10/h8-10H,3-7H2,1-2H3. The molecule has 0 aromatic rings. The maximum atomic E-state index is 5.92. The van der Waals surface area contributed by atoms with Crippen molar-refractivity contribution >= 4 is 11.6 Å². The Balaban J connectivity index is 2.11. The molecular weight excluding hydrogens is 172 g/mol. The van der Waals surface area contributed by atoms with E-state index in [4.69, 9.17) is 16.3 Å². The van der Waals surface area contributed by atoms with E-state index in [1.165, 1.54) is 19.3 Å². The van der Waals surface area contributed by atoms with E-state index in [2.05, 4.69) is 13.8 Å². The molecule has 12 heavy (non-hydrogen) atoms. The molecule has 72 valence electrons. The van der Waals surface area contributed by atoms with Crippen molar-refractivity contribution in [1.82, 2.24) is 0 Å². The van der Waals surface area contributed by atoms with Gasteiger partial charge in [0, 0.05) is 12.0 Å². The van der Waals surface area contributed by atoms with Crippen molar-refractivity contribution in [2.75, 3.05) is 6.61 Å². The van der Waals surface area contributed by atoms with Crippen LogP contribution in [0.15, 0.2) is 0 Å². The third-order valence-electron chi connectivity index (χ3n) is 2.42. The Labute approximate surface area is 80.4 Å². The van der Waals surface area contributed by atoms with E-state index in [9.17, 15) is 0 Å². The van der Waals surface area contributed by atoms with Crippen LogP contribution in [0.2, 0.25) is 0 Å². The van der Waals surface area contributed by atoms with Gasteiger partial charge in [0.25, 0.3) is 0 Å². The lowest BCUT2D eigenvalue weighted by Gasteiger charge is -2.16. The largest absolute Gasteiger partial charge is 0.378 e. The highest BCUT2D eigenvalue weighted by molar-refractivity contribution is 6.20. The third kappa shape index (κ3) is 3.77. The molecule has 3 atom stereocenters. The van der Waals surface area contributed by atoms with Gasteiger partial charge in [-0.15, -0.1) is 11.6 Å². The average Bonchev–Trinajstić information content (AvgIpc) is 2.37. The minimum Gasteiger partial charge on any atom is -0.378 e. The fourth-order valence-electron chi connectivity index (χ4n) is 1.93. The number of alkyl halides is 1. The highest BCUT2D eigenvalue weighted by Gasteiger charge is 2.18. The van der Waals surface area contributed by atoms with Gasteiger partial charge in [0.05, 0.1) is 6.10 Å². The molecule has 0 spiro atoms. The van der Waals surface area contributed by atoms with Crippen LogP contribution < -0.4 is 0 Å². The average molecular weight is 191 g/mol. The van der Waals surface area contributed by atoms with E-state index >= 15 is 0 Å². The molecule has 0 aromatic heterocycles. The Bertz CT molecular complexity index is 119. The zero-order valence-corrected chi connectivity index (χ0v) is 8.81. The van der Waals surface area contributed by atoms with Gasteiger partial charge in [-0.2, -0.15) is 0 Å². The summed E-state index contributed by atoms with van der Waals surface area (Å²) in [5, 5.41) is 0.307. The predicted molar refractivity (Wildman–Crippen MR) is 52.7 cm³/mol. The van der Waals surface area contributed by atoms with E-state index < -0.39 is 0 Å². The summed E-state index contributed by atoms with van der Waals surface area (Å²) in [4.78, 5) is 0.